The van der Waals surface area contributed by atoms with Gasteiger partial charge in [0.15, 0.2) is 0 Å². The molecule has 0 aliphatic carbocycles. The first-order chi connectivity index (χ1) is 6.11. The summed E-state index contributed by atoms with van der Waals surface area (Å²) in [6.45, 7) is 3.75. The van der Waals surface area contributed by atoms with Crippen LogP contribution in [0.2, 0.25) is 0 Å². The van der Waals surface area contributed by atoms with Gasteiger partial charge in [0.2, 0.25) is 0 Å². The van der Waals surface area contributed by atoms with Crippen LogP contribution in [0.4, 0.5) is 4.79 Å². The third-order valence-electron chi connectivity index (χ3n) is 2.16. The highest BCUT2D eigenvalue weighted by Crippen LogP contribution is 2.12. The second kappa shape index (κ2) is 3.55. The van der Waals surface area contributed by atoms with Crippen LogP contribution in [0.15, 0.2) is 0 Å². The van der Waals surface area contributed by atoms with Gasteiger partial charge in [0.05, 0.1) is 0 Å². The van der Waals surface area contributed by atoms with Gasteiger partial charge < -0.3 is 0 Å². The Kier molecular flexibility index (Phi) is 2.65. The van der Waals surface area contributed by atoms with E-state index in [9.17, 15) is 14.4 Å². The maximum Gasteiger partial charge on any atom is 0.331 e. The molecule has 0 unspecified atom stereocenters. The van der Waals surface area contributed by atoms with Gasteiger partial charge in [-0.15, -0.1) is 0 Å². The topological polar surface area (TPSA) is 66.5 Å². The van der Waals surface area contributed by atoms with Crippen LogP contribution in [0.25, 0.3) is 0 Å². The Morgan fingerprint density at radius 2 is 1.77 bits per heavy atom. The highest BCUT2D eigenvalue weighted by atomic mass is 16.2. The minimum Gasteiger partial charge on any atom is -0.269 e. The summed E-state index contributed by atoms with van der Waals surface area (Å²) < 4.78 is 0. The zero-order valence-electron chi connectivity index (χ0n) is 7.66. The second-order valence-corrected chi connectivity index (χ2v) is 2.90. The van der Waals surface area contributed by atoms with Crippen molar-refractivity contribution < 1.29 is 14.4 Å². The van der Waals surface area contributed by atoms with Crippen molar-refractivity contribution in [2.24, 2.45) is 0 Å². The Hall–Kier alpha value is -1.39. The molecule has 5 nitrogen and oxygen atoms in total. The van der Waals surface area contributed by atoms with E-state index in [1.165, 1.54) is 0 Å². The van der Waals surface area contributed by atoms with Gasteiger partial charge in [0, 0.05) is 6.04 Å². The maximum atomic E-state index is 11.2. The standard InChI is InChI=1S/C8H12N2O3/c1-3-5(4-2)10-7(12)6(11)9-8(10)13/h5H,3-4H2,1-2H3,(H,9,11,13). The molecule has 0 bridgehead atoms. The number of nitrogens with one attached hydrogen (secondary N) is 1. The molecule has 0 aromatic heterocycles. The predicted octanol–water partition coefficient (Wildman–Crippen LogP) is 0.253. The van der Waals surface area contributed by atoms with Crippen LogP contribution < -0.4 is 5.32 Å². The molecule has 1 fully saturated rings. The van der Waals surface area contributed by atoms with Crippen molar-refractivity contribution in [3.05, 3.63) is 0 Å². The molecule has 1 aliphatic rings. The van der Waals surface area contributed by atoms with Crippen molar-refractivity contribution in [3.63, 3.8) is 0 Å². The smallest absolute Gasteiger partial charge is 0.269 e. The van der Waals surface area contributed by atoms with Crippen LogP contribution in [0, 0.1) is 0 Å². The summed E-state index contributed by atoms with van der Waals surface area (Å²) >= 11 is 0. The van der Waals surface area contributed by atoms with Crippen molar-refractivity contribution in [3.8, 4) is 0 Å². The number of carbonyl (C=O) groups excluding carboxylic acids is 3. The molecule has 0 spiro atoms. The number of hydrogen-bond donors (Lipinski definition) is 1. The van der Waals surface area contributed by atoms with Gasteiger partial charge in [-0.2, -0.15) is 0 Å². The van der Waals surface area contributed by atoms with E-state index in [0.717, 1.165) is 4.90 Å². The van der Waals surface area contributed by atoms with Gasteiger partial charge in [-0.05, 0) is 12.8 Å². The molecule has 0 radical (unpaired) electrons. The number of nitrogens with zero attached hydrogens (tertiary/aromatic N) is 1. The van der Waals surface area contributed by atoms with Gasteiger partial charge in [-0.3, -0.25) is 19.8 Å². The first kappa shape index (κ1) is 9.70. The molecule has 1 N–H and O–H groups in total. The van der Waals surface area contributed by atoms with Gasteiger partial charge in [-0.1, -0.05) is 13.8 Å². The zero-order valence-corrected chi connectivity index (χ0v) is 7.66. The Balaban J connectivity index is 2.84. The highest BCUT2D eigenvalue weighted by Gasteiger charge is 2.39. The number of carbonyl (C=O) groups is 3. The summed E-state index contributed by atoms with van der Waals surface area (Å²) in [5, 5.41) is 1.96. The van der Waals surface area contributed by atoms with Crippen LogP contribution >= 0.6 is 0 Å². The van der Waals surface area contributed by atoms with E-state index in [-0.39, 0.29) is 6.04 Å². The maximum absolute atomic E-state index is 11.2. The molecule has 0 saturated carbocycles. The summed E-state index contributed by atoms with van der Waals surface area (Å²) in [5.41, 5.74) is 0. The zero-order chi connectivity index (χ0) is 10.0. The Morgan fingerprint density at radius 3 is 2.08 bits per heavy atom. The van der Waals surface area contributed by atoms with E-state index >= 15 is 0 Å². The van der Waals surface area contributed by atoms with E-state index in [4.69, 9.17) is 0 Å². The quantitative estimate of drug-likeness (QED) is 0.505. The summed E-state index contributed by atoms with van der Waals surface area (Å²) in [6, 6.07) is -0.761. The summed E-state index contributed by atoms with van der Waals surface area (Å²) in [7, 11) is 0. The number of amides is 4. The Bertz CT molecular complexity index is 258. The lowest BCUT2D eigenvalue weighted by Gasteiger charge is -2.21. The van der Waals surface area contributed by atoms with E-state index in [1.807, 2.05) is 19.2 Å². The fourth-order valence-corrected chi connectivity index (χ4v) is 1.40. The van der Waals surface area contributed by atoms with Crippen LogP contribution in [-0.2, 0) is 9.59 Å². The highest BCUT2D eigenvalue weighted by molar-refractivity contribution is 6.44. The average Bonchev–Trinajstić information content (AvgIpc) is 2.34. The fraction of sp³-hybridized carbons (Fsp3) is 0.625. The molecular formula is C8H12N2O3. The molecule has 1 heterocycles. The largest absolute Gasteiger partial charge is 0.331 e. The van der Waals surface area contributed by atoms with Crippen molar-refractivity contribution >= 4 is 17.8 Å². The third kappa shape index (κ3) is 1.54. The van der Waals surface area contributed by atoms with Crippen LogP contribution in [0.3, 0.4) is 0 Å². The minimum atomic E-state index is -0.822. The molecule has 0 aromatic rings. The van der Waals surface area contributed by atoms with E-state index < -0.39 is 17.8 Å². The first-order valence-electron chi connectivity index (χ1n) is 4.30. The van der Waals surface area contributed by atoms with Crippen LogP contribution in [0.5, 0.6) is 0 Å². The average molecular weight is 184 g/mol. The SMILES string of the molecule is CCC(CC)N1C(=O)NC(=O)C1=O. The van der Waals surface area contributed by atoms with E-state index in [0.29, 0.717) is 12.8 Å². The molecule has 0 aromatic carbocycles. The molecule has 0 atom stereocenters. The van der Waals surface area contributed by atoms with Gasteiger partial charge in [0.1, 0.15) is 0 Å². The normalized spacial score (nSPS) is 17.2. The monoisotopic (exact) mass is 184 g/mol. The van der Waals surface area contributed by atoms with Crippen molar-refractivity contribution in [2.75, 3.05) is 0 Å². The number of hydrogen-bond acceptors (Lipinski definition) is 3. The predicted molar refractivity (Wildman–Crippen MR) is 44.8 cm³/mol. The molecule has 1 aliphatic heterocycles. The Morgan fingerprint density at radius 1 is 1.23 bits per heavy atom. The molecule has 5 heteroatoms. The lowest BCUT2D eigenvalue weighted by atomic mass is 10.1. The Labute approximate surface area is 76.1 Å². The molecule has 13 heavy (non-hydrogen) atoms. The van der Waals surface area contributed by atoms with E-state index in [2.05, 4.69) is 0 Å². The number of urea groups is 1. The molecule has 1 saturated heterocycles. The molecule has 72 valence electrons. The lowest BCUT2D eigenvalue weighted by Crippen LogP contribution is -2.39. The van der Waals surface area contributed by atoms with Crippen molar-refractivity contribution in [1.29, 1.82) is 0 Å². The van der Waals surface area contributed by atoms with Crippen LogP contribution in [0.1, 0.15) is 26.7 Å². The fourth-order valence-electron chi connectivity index (χ4n) is 1.40. The third-order valence-corrected chi connectivity index (χ3v) is 2.16. The summed E-state index contributed by atoms with van der Waals surface area (Å²) in [6.07, 6.45) is 1.34. The second-order valence-electron chi connectivity index (χ2n) is 2.90. The van der Waals surface area contributed by atoms with Crippen molar-refractivity contribution in [2.45, 2.75) is 32.7 Å². The summed E-state index contributed by atoms with van der Waals surface area (Å²) in [5.74, 6) is -1.56. The number of imide groups is 2. The van der Waals surface area contributed by atoms with E-state index in [1.54, 1.807) is 0 Å². The first-order valence-corrected chi connectivity index (χ1v) is 4.30. The minimum absolute atomic E-state index is 0.168. The summed E-state index contributed by atoms with van der Waals surface area (Å²) in [4.78, 5) is 34.1. The molecule has 1 rings (SSSR count). The number of rotatable bonds is 3. The van der Waals surface area contributed by atoms with Gasteiger partial charge in [-0.25, -0.2) is 4.79 Å². The van der Waals surface area contributed by atoms with Gasteiger partial charge in [0.25, 0.3) is 0 Å². The molecular weight excluding hydrogens is 172 g/mol. The lowest BCUT2D eigenvalue weighted by molar-refractivity contribution is -0.141. The van der Waals surface area contributed by atoms with Crippen LogP contribution in [-0.4, -0.2) is 28.8 Å². The van der Waals surface area contributed by atoms with Crippen molar-refractivity contribution in [1.82, 2.24) is 10.2 Å². The van der Waals surface area contributed by atoms with Gasteiger partial charge >= 0.3 is 17.8 Å². The molecule has 4 amide bonds.